The summed E-state index contributed by atoms with van der Waals surface area (Å²) in [5.74, 6) is -0.235. The van der Waals surface area contributed by atoms with Crippen LogP contribution in [0.4, 0.5) is 0 Å². The molecular formula is C15H18O4. The normalized spacial score (nSPS) is 10.6. The SMILES string of the molecule is C=C(C)COCCOC(=O)/C=C/c1ccc(O)cc1. The third-order valence-electron chi connectivity index (χ3n) is 2.13. The summed E-state index contributed by atoms with van der Waals surface area (Å²) in [6.45, 7) is 6.60. The predicted molar refractivity (Wildman–Crippen MR) is 73.7 cm³/mol. The van der Waals surface area contributed by atoms with Gasteiger partial charge in [0.25, 0.3) is 0 Å². The average molecular weight is 262 g/mol. The summed E-state index contributed by atoms with van der Waals surface area (Å²) in [6, 6.07) is 6.51. The summed E-state index contributed by atoms with van der Waals surface area (Å²) in [6.07, 6.45) is 2.96. The lowest BCUT2D eigenvalue weighted by Gasteiger charge is -2.03. The highest BCUT2D eigenvalue weighted by Crippen LogP contribution is 2.10. The average Bonchev–Trinajstić information content (AvgIpc) is 2.37. The first-order chi connectivity index (χ1) is 9.08. The van der Waals surface area contributed by atoms with Crippen molar-refractivity contribution in [2.24, 2.45) is 0 Å². The van der Waals surface area contributed by atoms with Crippen molar-refractivity contribution >= 4 is 12.0 Å². The summed E-state index contributed by atoms with van der Waals surface area (Å²) in [4.78, 5) is 11.3. The van der Waals surface area contributed by atoms with Crippen LogP contribution in [0.2, 0.25) is 0 Å². The van der Waals surface area contributed by atoms with E-state index >= 15 is 0 Å². The zero-order chi connectivity index (χ0) is 14.1. The molecule has 0 bridgehead atoms. The first kappa shape index (κ1) is 15.0. The van der Waals surface area contributed by atoms with Crippen LogP contribution in [0.25, 0.3) is 6.08 Å². The van der Waals surface area contributed by atoms with Crippen molar-refractivity contribution in [2.45, 2.75) is 6.92 Å². The third-order valence-corrected chi connectivity index (χ3v) is 2.13. The fourth-order valence-corrected chi connectivity index (χ4v) is 1.25. The van der Waals surface area contributed by atoms with Crippen LogP contribution in [0.1, 0.15) is 12.5 Å². The van der Waals surface area contributed by atoms with Crippen molar-refractivity contribution in [1.82, 2.24) is 0 Å². The van der Waals surface area contributed by atoms with Crippen molar-refractivity contribution in [3.8, 4) is 5.75 Å². The van der Waals surface area contributed by atoms with E-state index in [2.05, 4.69) is 6.58 Å². The quantitative estimate of drug-likeness (QED) is 0.355. The van der Waals surface area contributed by atoms with Crippen molar-refractivity contribution in [1.29, 1.82) is 0 Å². The topological polar surface area (TPSA) is 55.8 Å². The standard InChI is InChI=1S/C15H18O4/c1-12(2)11-18-9-10-19-15(17)8-5-13-3-6-14(16)7-4-13/h3-8,16H,1,9-11H2,2H3/b8-5+. The fourth-order valence-electron chi connectivity index (χ4n) is 1.25. The van der Waals surface area contributed by atoms with Crippen LogP contribution in [0.3, 0.4) is 0 Å². The lowest BCUT2D eigenvalue weighted by Crippen LogP contribution is -2.09. The predicted octanol–water partition coefficient (Wildman–Crippen LogP) is 2.54. The smallest absolute Gasteiger partial charge is 0.330 e. The van der Waals surface area contributed by atoms with Crippen molar-refractivity contribution in [2.75, 3.05) is 19.8 Å². The molecular weight excluding hydrogens is 244 g/mol. The minimum atomic E-state index is -0.424. The monoisotopic (exact) mass is 262 g/mol. The maximum Gasteiger partial charge on any atom is 0.330 e. The molecule has 0 saturated heterocycles. The second-order valence-electron chi connectivity index (χ2n) is 4.10. The molecule has 4 nitrogen and oxygen atoms in total. The van der Waals surface area contributed by atoms with E-state index in [1.165, 1.54) is 6.08 Å². The van der Waals surface area contributed by atoms with Gasteiger partial charge in [-0.2, -0.15) is 0 Å². The lowest BCUT2D eigenvalue weighted by molar-refractivity contribution is -0.139. The van der Waals surface area contributed by atoms with Crippen LogP contribution in [0, 0.1) is 0 Å². The van der Waals surface area contributed by atoms with Crippen molar-refractivity contribution < 1.29 is 19.4 Å². The van der Waals surface area contributed by atoms with Crippen molar-refractivity contribution in [3.63, 3.8) is 0 Å². The maximum atomic E-state index is 11.3. The van der Waals surface area contributed by atoms with Crippen LogP contribution in [0.5, 0.6) is 5.75 Å². The Kier molecular flexibility index (Phi) is 6.39. The lowest BCUT2D eigenvalue weighted by atomic mass is 10.2. The van der Waals surface area contributed by atoms with E-state index in [4.69, 9.17) is 14.6 Å². The van der Waals surface area contributed by atoms with Gasteiger partial charge >= 0.3 is 5.97 Å². The minimum absolute atomic E-state index is 0.189. The number of phenolic OH excluding ortho intramolecular Hbond substituents is 1. The second kappa shape index (κ2) is 8.11. The van der Waals surface area contributed by atoms with Gasteiger partial charge in [-0.15, -0.1) is 0 Å². The zero-order valence-electron chi connectivity index (χ0n) is 11.0. The molecule has 0 unspecified atom stereocenters. The van der Waals surface area contributed by atoms with E-state index in [1.807, 2.05) is 6.92 Å². The first-order valence-electron chi connectivity index (χ1n) is 5.94. The molecule has 0 heterocycles. The van der Waals surface area contributed by atoms with Crippen LogP contribution in [-0.2, 0) is 14.3 Å². The first-order valence-corrected chi connectivity index (χ1v) is 5.94. The Labute approximate surface area is 113 Å². The molecule has 1 N–H and O–H groups in total. The van der Waals surface area contributed by atoms with E-state index in [0.29, 0.717) is 13.2 Å². The maximum absolute atomic E-state index is 11.3. The van der Waals surface area contributed by atoms with Gasteiger partial charge in [0.1, 0.15) is 12.4 Å². The van der Waals surface area contributed by atoms with Gasteiger partial charge in [-0.1, -0.05) is 24.3 Å². The molecule has 102 valence electrons. The van der Waals surface area contributed by atoms with Crippen LogP contribution < -0.4 is 0 Å². The molecule has 0 spiro atoms. The van der Waals surface area contributed by atoms with Gasteiger partial charge in [0, 0.05) is 6.08 Å². The van der Waals surface area contributed by atoms with Gasteiger partial charge in [-0.05, 0) is 30.7 Å². The van der Waals surface area contributed by atoms with Gasteiger partial charge in [0.2, 0.25) is 0 Å². The summed E-state index contributed by atoms with van der Waals surface area (Å²) in [5, 5.41) is 9.10. The highest BCUT2D eigenvalue weighted by atomic mass is 16.6. The van der Waals surface area contributed by atoms with Gasteiger partial charge < -0.3 is 14.6 Å². The molecule has 0 aliphatic heterocycles. The molecule has 4 heteroatoms. The Morgan fingerprint density at radius 3 is 2.63 bits per heavy atom. The van der Waals surface area contributed by atoms with E-state index in [9.17, 15) is 4.79 Å². The molecule has 0 aliphatic rings. The Morgan fingerprint density at radius 1 is 1.32 bits per heavy atom. The minimum Gasteiger partial charge on any atom is -0.508 e. The number of phenols is 1. The second-order valence-corrected chi connectivity index (χ2v) is 4.10. The molecule has 0 aliphatic carbocycles. The molecule has 0 atom stereocenters. The van der Waals surface area contributed by atoms with Gasteiger partial charge in [0.05, 0.1) is 13.2 Å². The van der Waals surface area contributed by atoms with E-state index in [-0.39, 0.29) is 12.4 Å². The Hall–Kier alpha value is -2.07. The Bertz CT molecular complexity index is 446. The fraction of sp³-hybridized carbons (Fsp3) is 0.267. The molecule has 19 heavy (non-hydrogen) atoms. The number of aromatic hydroxyl groups is 1. The number of hydrogen-bond donors (Lipinski definition) is 1. The van der Waals surface area contributed by atoms with Gasteiger partial charge in [-0.3, -0.25) is 0 Å². The molecule has 0 amide bonds. The zero-order valence-corrected chi connectivity index (χ0v) is 11.0. The number of benzene rings is 1. The largest absolute Gasteiger partial charge is 0.508 e. The molecule has 1 aromatic carbocycles. The van der Waals surface area contributed by atoms with E-state index in [0.717, 1.165) is 11.1 Å². The number of hydrogen-bond acceptors (Lipinski definition) is 4. The summed E-state index contributed by atoms with van der Waals surface area (Å²) >= 11 is 0. The number of esters is 1. The molecule has 0 aromatic heterocycles. The third kappa shape index (κ3) is 7.06. The highest BCUT2D eigenvalue weighted by molar-refractivity contribution is 5.87. The number of rotatable bonds is 7. The van der Waals surface area contributed by atoms with Crippen LogP contribution >= 0.6 is 0 Å². The van der Waals surface area contributed by atoms with Gasteiger partial charge in [-0.25, -0.2) is 4.79 Å². The summed E-state index contributed by atoms with van der Waals surface area (Å²) in [7, 11) is 0. The van der Waals surface area contributed by atoms with Crippen LogP contribution in [0.15, 0.2) is 42.5 Å². The molecule has 0 saturated carbocycles. The van der Waals surface area contributed by atoms with E-state index in [1.54, 1.807) is 30.3 Å². The Morgan fingerprint density at radius 2 is 2.00 bits per heavy atom. The molecule has 1 aromatic rings. The van der Waals surface area contributed by atoms with Crippen molar-refractivity contribution in [3.05, 3.63) is 48.1 Å². The van der Waals surface area contributed by atoms with Gasteiger partial charge in [0.15, 0.2) is 0 Å². The molecule has 0 fully saturated rings. The Balaban J connectivity index is 2.23. The van der Waals surface area contributed by atoms with Crippen LogP contribution in [-0.4, -0.2) is 30.9 Å². The molecule has 0 radical (unpaired) electrons. The van der Waals surface area contributed by atoms with E-state index < -0.39 is 5.97 Å². The number of carbonyl (C=O) groups is 1. The summed E-state index contributed by atoms with van der Waals surface area (Å²) in [5.41, 5.74) is 1.74. The highest BCUT2D eigenvalue weighted by Gasteiger charge is 1.97. The number of carbonyl (C=O) groups excluding carboxylic acids is 1. The summed E-state index contributed by atoms with van der Waals surface area (Å²) < 4.78 is 10.1. The number of ether oxygens (including phenoxy) is 2. The molecule has 1 rings (SSSR count).